The number of halogens is 3. The van der Waals surface area contributed by atoms with Crippen LogP contribution in [0.25, 0.3) is 0 Å². The SMILES string of the molecule is NC(=O)Nc1ccc([B-](F)(F)F)cc1. The Bertz CT molecular complexity index is 336. The number of nitrogens with two attached hydrogens (primary N) is 1. The third-order valence-corrected chi connectivity index (χ3v) is 1.56. The van der Waals surface area contributed by atoms with Crippen LogP contribution in [0.4, 0.5) is 23.4 Å². The Labute approximate surface area is 78.2 Å². The van der Waals surface area contributed by atoms with Gasteiger partial charge in [0.15, 0.2) is 0 Å². The van der Waals surface area contributed by atoms with E-state index >= 15 is 0 Å². The zero-order valence-electron chi connectivity index (χ0n) is 7.01. The van der Waals surface area contributed by atoms with E-state index in [9.17, 15) is 17.7 Å². The van der Waals surface area contributed by atoms with Gasteiger partial charge in [0, 0.05) is 5.69 Å². The minimum absolute atomic E-state index is 0.237. The van der Waals surface area contributed by atoms with Crippen LogP contribution in [0, 0.1) is 0 Å². The summed E-state index contributed by atoms with van der Waals surface area (Å²) in [5, 5.41) is 2.16. The van der Waals surface area contributed by atoms with Crippen molar-refractivity contribution in [3.05, 3.63) is 24.3 Å². The number of urea groups is 1. The fourth-order valence-electron chi connectivity index (χ4n) is 0.927. The van der Waals surface area contributed by atoms with Crippen molar-refractivity contribution in [2.75, 3.05) is 5.32 Å². The lowest BCUT2D eigenvalue weighted by molar-refractivity contribution is 0.259. The highest BCUT2D eigenvalue weighted by Crippen LogP contribution is 2.11. The van der Waals surface area contributed by atoms with Crippen molar-refractivity contribution in [2.45, 2.75) is 0 Å². The van der Waals surface area contributed by atoms with Crippen LogP contribution in [0.15, 0.2) is 24.3 Å². The molecule has 0 aliphatic carbocycles. The molecular weight excluding hydrogens is 196 g/mol. The Balaban J connectivity index is 2.84. The van der Waals surface area contributed by atoms with Crippen LogP contribution in [-0.2, 0) is 0 Å². The van der Waals surface area contributed by atoms with Crippen LogP contribution in [-0.4, -0.2) is 13.0 Å². The highest BCUT2D eigenvalue weighted by Gasteiger charge is 2.24. The Morgan fingerprint density at radius 1 is 1.21 bits per heavy atom. The van der Waals surface area contributed by atoms with Crippen LogP contribution in [0.2, 0.25) is 0 Å². The van der Waals surface area contributed by atoms with Crippen LogP contribution in [0.1, 0.15) is 0 Å². The molecule has 7 heteroatoms. The van der Waals surface area contributed by atoms with E-state index < -0.39 is 18.5 Å². The fraction of sp³-hybridized carbons (Fsp3) is 0. The molecule has 3 N–H and O–H groups in total. The van der Waals surface area contributed by atoms with Crippen molar-refractivity contribution in [2.24, 2.45) is 5.73 Å². The molecule has 0 unspecified atom stereocenters. The smallest absolute Gasteiger partial charge is 0.445 e. The number of carbonyl (C=O) groups excluding carboxylic acids is 1. The standard InChI is InChI=1S/C7H7BF3N2O/c9-8(10,11)5-1-3-6(4-2-5)13-7(12)14/h1-4H,(H3,12,13,14)/q-1. The predicted octanol–water partition coefficient (Wildman–Crippen LogP) is 1.23. The summed E-state index contributed by atoms with van der Waals surface area (Å²) >= 11 is 0. The molecule has 14 heavy (non-hydrogen) atoms. The number of hydrogen-bond donors (Lipinski definition) is 2. The van der Waals surface area contributed by atoms with Gasteiger partial charge in [0.25, 0.3) is 0 Å². The Hall–Kier alpha value is -1.66. The van der Waals surface area contributed by atoms with Crippen molar-refractivity contribution in [3.63, 3.8) is 0 Å². The molecule has 1 rings (SSSR count). The molecule has 0 saturated carbocycles. The molecule has 0 radical (unpaired) electrons. The molecule has 0 saturated heterocycles. The first-order valence-electron chi connectivity index (χ1n) is 3.76. The maximum absolute atomic E-state index is 12.1. The number of carbonyl (C=O) groups is 1. The topological polar surface area (TPSA) is 55.1 Å². The van der Waals surface area contributed by atoms with E-state index in [0.29, 0.717) is 0 Å². The van der Waals surface area contributed by atoms with Crippen LogP contribution < -0.4 is 16.5 Å². The molecule has 0 heterocycles. The quantitative estimate of drug-likeness (QED) is 0.697. The first-order chi connectivity index (χ1) is 6.39. The molecule has 1 aromatic rings. The largest absolute Gasteiger partial charge is 0.509 e. The van der Waals surface area contributed by atoms with E-state index in [1.165, 1.54) is 0 Å². The lowest BCUT2D eigenvalue weighted by Crippen LogP contribution is -2.33. The van der Waals surface area contributed by atoms with Gasteiger partial charge in [-0.15, -0.1) is 5.46 Å². The van der Waals surface area contributed by atoms with Crippen LogP contribution in [0.5, 0.6) is 0 Å². The van der Waals surface area contributed by atoms with Crippen molar-refractivity contribution < 1.29 is 17.7 Å². The summed E-state index contributed by atoms with van der Waals surface area (Å²) in [6.45, 7) is -4.99. The van der Waals surface area contributed by atoms with Crippen LogP contribution >= 0.6 is 0 Å². The third-order valence-electron chi connectivity index (χ3n) is 1.56. The molecule has 0 aliphatic heterocycles. The molecule has 76 valence electrons. The molecule has 0 fully saturated rings. The first-order valence-corrected chi connectivity index (χ1v) is 3.76. The molecule has 1 aromatic carbocycles. The third kappa shape index (κ3) is 2.68. The van der Waals surface area contributed by atoms with Gasteiger partial charge in [0.2, 0.25) is 0 Å². The van der Waals surface area contributed by atoms with Gasteiger partial charge in [-0.1, -0.05) is 12.1 Å². The van der Waals surface area contributed by atoms with Crippen molar-refractivity contribution in [1.29, 1.82) is 0 Å². The zero-order chi connectivity index (χ0) is 10.8. The number of benzene rings is 1. The first kappa shape index (κ1) is 10.4. The molecule has 0 spiro atoms. The number of anilines is 1. The highest BCUT2D eigenvalue weighted by molar-refractivity contribution is 6.73. The van der Waals surface area contributed by atoms with Gasteiger partial charge in [-0.3, -0.25) is 0 Å². The predicted molar refractivity (Wildman–Crippen MR) is 48.4 cm³/mol. The number of primary amides is 1. The zero-order valence-corrected chi connectivity index (χ0v) is 7.01. The van der Waals surface area contributed by atoms with Gasteiger partial charge in [0.1, 0.15) is 0 Å². The molecule has 0 aromatic heterocycles. The minimum Gasteiger partial charge on any atom is -0.445 e. The van der Waals surface area contributed by atoms with Gasteiger partial charge >= 0.3 is 13.0 Å². The van der Waals surface area contributed by atoms with Crippen LogP contribution in [0.3, 0.4) is 0 Å². The summed E-state index contributed by atoms with van der Waals surface area (Å²) in [7, 11) is 0. The molecule has 2 amide bonds. The van der Waals surface area contributed by atoms with Gasteiger partial charge in [0.05, 0.1) is 0 Å². The van der Waals surface area contributed by atoms with E-state index in [4.69, 9.17) is 5.73 Å². The van der Waals surface area contributed by atoms with Crippen molar-refractivity contribution in [3.8, 4) is 0 Å². The molecule has 0 aliphatic rings. The maximum atomic E-state index is 12.1. The number of nitrogens with one attached hydrogen (secondary N) is 1. The summed E-state index contributed by atoms with van der Waals surface area (Å²) in [4.78, 5) is 10.3. The Morgan fingerprint density at radius 2 is 1.71 bits per heavy atom. The van der Waals surface area contributed by atoms with Gasteiger partial charge < -0.3 is 24.0 Å². The van der Waals surface area contributed by atoms with Gasteiger partial charge in [-0.25, -0.2) is 4.79 Å². The Morgan fingerprint density at radius 3 is 2.07 bits per heavy atom. The van der Waals surface area contributed by atoms with Crippen molar-refractivity contribution in [1.82, 2.24) is 0 Å². The summed E-state index contributed by atoms with van der Waals surface area (Å²) in [5.41, 5.74) is 4.31. The molecule has 0 bridgehead atoms. The summed E-state index contributed by atoms with van der Waals surface area (Å²) < 4.78 is 36.4. The fourth-order valence-corrected chi connectivity index (χ4v) is 0.927. The van der Waals surface area contributed by atoms with Crippen molar-refractivity contribution >= 4 is 24.2 Å². The average molecular weight is 203 g/mol. The average Bonchev–Trinajstić information content (AvgIpc) is 2.02. The summed E-state index contributed by atoms with van der Waals surface area (Å²) in [6, 6.07) is 3.27. The Kier molecular flexibility index (Phi) is 2.69. The van der Waals surface area contributed by atoms with E-state index in [1.54, 1.807) is 0 Å². The monoisotopic (exact) mass is 203 g/mol. The second kappa shape index (κ2) is 3.61. The van der Waals surface area contributed by atoms with E-state index in [2.05, 4.69) is 5.32 Å². The molecule has 3 nitrogen and oxygen atoms in total. The van der Waals surface area contributed by atoms with Gasteiger partial charge in [-0.05, 0) is 12.1 Å². The molecule has 0 atom stereocenters. The normalized spacial score (nSPS) is 11.1. The lowest BCUT2D eigenvalue weighted by atomic mass is 9.80. The number of amides is 2. The summed E-state index contributed by atoms with van der Waals surface area (Å²) in [5.74, 6) is 0. The van der Waals surface area contributed by atoms with E-state index in [1.807, 2.05) is 0 Å². The summed E-state index contributed by atoms with van der Waals surface area (Å²) in [6.07, 6.45) is 0. The number of hydrogen-bond acceptors (Lipinski definition) is 1. The lowest BCUT2D eigenvalue weighted by Gasteiger charge is -2.14. The second-order valence-corrected chi connectivity index (χ2v) is 2.69. The molecular formula is C7H7BF3N2O-. The van der Waals surface area contributed by atoms with Gasteiger partial charge in [-0.2, -0.15) is 0 Å². The van der Waals surface area contributed by atoms with E-state index in [0.717, 1.165) is 24.3 Å². The minimum atomic E-state index is -4.99. The van der Waals surface area contributed by atoms with E-state index in [-0.39, 0.29) is 5.69 Å². The highest BCUT2D eigenvalue weighted by atomic mass is 19.4. The second-order valence-electron chi connectivity index (χ2n) is 2.69. The maximum Gasteiger partial charge on any atom is 0.509 e. The number of rotatable bonds is 2.